The van der Waals surface area contributed by atoms with E-state index < -0.39 is 48.2 Å². The number of benzene rings is 1. The lowest BCUT2D eigenvalue weighted by molar-refractivity contribution is -0.148. The smallest absolute Gasteiger partial charge is 0.480 e. The maximum atomic E-state index is 11.9. The molecule has 0 saturated carbocycles. The van der Waals surface area contributed by atoms with Crippen molar-refractivity contribution >= 4 is 24.2 Å². The van der Waals surface area contributed by atoms with E-state index in [0.29, 0.717) is 5.56 Å². The van der Waals surface area contributed by atoms with Crippen molar-refractivity contribution in [2.45, 2.75) is 52.7 Å². The van der Waals surface area contributed by atoms with Gasteiger partial charge in [0, 0.05) is 18.8 Å². The summed E-state index contributed by atoms with van der Waals surface area (Å²) in [6.45, 7) is 7.79. The van der Waals surface area contributed by atoms with Gasteiger partial charge in [-0.1, -0.05) is 13.0 Å². The summed E-state index contributed by atoms with van der Waals surface area (Å²) in [7, 11) is 0. The van der Waals surface area contributed by atoms with E-state index in [2.05, 4.69) is 0 Å². The van der Waals surface area contributed by atoms with E-state index in [1.165, 1.54) is 25.1 Å². The second-order valence-electron chi connectivity index (χ2n) is 6.84. The van der Waals surface area contributed by atoms with Crippen LogP contribution in [0.4, 0.5) is 9.59 Å². The quantitative estimate of drug-likeness (QED) is 0.303. The van der Waals surface area contributed by atoms with E-state index in [-0.39, 0.29) is 24.7 Å². The predicted octanol–water partition coefficient (Wildman–Crippen LogP) is 2.84. The van der Waals surface area contributed by atoms with Gasteiger partial charge in [-0.25, -0.2) is 9.59 Å². The zero-order chi connectivity index (χ0) is 24.4. The largest absolute Gasteiger partial charge is 0.513 e. The van der Waals surface area contributed by atoms with Crippen molar-refractivity contribution in [3.8, 4) is 11.5 Å². The van der Waals surface area contributed by atoms with Crippen LogP contribution in [0.2, 0.25) is 0 Å². The van der Waals surface area contributed by atoms with Gasteiger partial charge in [0.15, 0.2) is 11.5 Å². The molecular weight excluding hydrogens is 426 g/mol. The lowest BCUT2D eigenvalue weighted by Gasteiger charge is -2.31. The van der Waals surface area contributed by atoms with Crippen LogP contribution in [0.5, 0.6) is 11.5 Å². The van der Waals surface area contributed by atoms with Crippen molar-refractivity contribution in [3.05, 3.63) is 23.8 Å². The molecule has 1 aromatic rings. The first-order chi connectivity index (χ1) is 15.0. The number of esters is 1. The average Bonchev–Trinajstić information content (AvgIpc) is 2.69. The highest BCUT2D eigenvalue weighted by atomic mass is 16.7. The second-order valence-corrected chi connectivity index (χ2v) is 6.84. The summed E-state index contributed by atoms with van der Waals surface area (Å²) in [6.07, 6.45) is -2.75. The number of carboxylic acids is 1. The van der Waals surface area contributed by atoms with Crippen LogP contribution in [0.3, 0.4) is 0 Å². The lowest BCUT2D eigenvalue weighted by atomic mass is 9.79. The molecule has 1 aromatic carbocycles. The molecule has 0 radical (unpaired) electrons. The third kappa shape index (κ3) is 7.73. The van der Waals surface area contributed by atoms with Gasteiger partial charge in [0.2, 0.25) is 0 Å². The highest BCUT2D eigenvalue weighted by molar-refractivity contribution is 5.75. The minimum atomic E-state index is -1.38. The van der Waals surface area contributed by atoms with Gasteiger partial charge in [-0.3, -0.25) is 9.59 Å². The highest BCUT2D eigenvalue weighted by Gasteiger charge is 2.35. The molecule has 0 spiro atoms. The summed E-state index contributed by atoms with van der Waals surface area (Å²) < 4.78 is 24.9. The lowest BCUT2D eigenvalue weighted by Crippen LogP contribution is -2.42. The molecule has 0 fully saturated rings. The number of ether oxygens (including phenoxy) is 5. The molecule has 0 aliphatic rings. The van der Waals surface area contributed by atoms with Gasteiger partial charge < -0.3 is 34.5 Å². The second kappa shape index (κ2) is 12.5. The number of rotatable bonds is 10. The first-order valence-corrected chi connectivity index (χ1v) is 10.00. The third-order valence-corrected chi connectivity index (χ3v) is 4.59. The maximum Gasteiger partial charge on any atom is 0.513 e. The minimum absolute atomic E-state index is 0.0377. The molecule has 11 nitrogen and oxygen atoms in total. The Morgan fingerprint density at radius 2 is 1.50 bits per heavy atom. The summed E-state index contributed by atoms with van der Waals surface area (Å²) in [5.41, 5.74) is 6.29. The summed E-state index contributed by atoms with van der Waals surface area (Å²) in [5.74, 6) is -3.57. The number of aliphatic carboxylic acids is 1. The molecule has 32 heavy (non-hydrogen) atoms. The van der Waals surface area contributed by atoms with Gasteiger partial charge >= 0.3 is 24.2 Å². The van der Waals surface area contributed by atoms with Gasteiger partial charge in [0.25, 0.3) is 0 Å². The third-order valence-electron chi connectivity index (χ3n) is 4.59. The molecule has 1 unspecified atom stereocenters. The summed E-state index contributed by atoms with van der Waals surface area (Å²) in [4.78, 5) is 46.6. The Balaban J connectivity index is 3.44. The van der Waals surface area contributed by atoms with Crippen molar-refractivity contribution in [1.82, 2.24) is 0 Å². The number of carbonyl (C=O) groups is 4. The van der Waals surface area contributed by atoms with Crippen LogP contribution in [-0.2, 0) is 23.8 Å². The first kappa shape index (κ1) is 26.7. The van der Waals surface area contributed by atoms with Gasteiger partial charge in [-0.05, 0) is 38.5 Å². The summed E-state index contributed by atoms with van der Waals surface area (Å²) in [6, 6.07) is 2.72. The molecule has 1 rings (SSSR count). The minimum Gasteiger partial charge on any atom is -0.480 e. The SMILES string of the molecule is CCOC(=O)Oc1ccc(C([C@H](N)C(=O)O)[C@@H](C)[C@@H](C)OC(C)=O)cc1OC(=O)OCC. The van der Waals surface area contributed by atoms with E-state index in [0.717, 1.165) is 0 Å². The van der Waals surface area contributed by atoms with Gasteiger partial charge in [0.05, 0.1) is 13.2 Å². The van der Waals surface area contributed by atoms with Crippen molar-refractivity contribution in [2.75, 3.05) is 13.2 Å². The molecule has 0 aliphatic carbocycles. The van der Waals surface area contributed by atoms with Crippen molar-refractivity contribution in [1.29, 1.82) is 0 Å². The summed E-state index contributed by atoms with van der Waals surface area (Å²) >= 11 is 0. The van der Waals surface area contributed by atoms with E-state index >= 15 is 0 Å². The molecule has 0 aromatic heterocycles. The van der Waals surface area contributed by atoms with E-state index in [4.69, 9.17) is 29.4 Å². The average molecular weight is 455 g/mol. The molecule has 11 heteroatoms. The van der Waals surface area contributed by atoms with Crippen molar-refractivity contribution < 1.29 is 48.0 Å². The fourth-order valence-electron chi connectivity index (χ4n) is 3.02. The number of carboxylic acid groups (broad SMARTS) is 1. The zero-order valence-corrected chi connectivity index (χ0v) is 18.7. The van der Waals surface area contributed by atoms with Crippen LogP contribution in [0.1, 0.15) is 46.1 Å². The topological polar surface area (TPSA) is 161 Å². The normalized spacial score (nSPS) is 14.3. The monoisotopic (exact) mass is 455 g/mol. The Kier molecular flexibility index (Phi) is 10.4. The van der Waals surface area contributed by atoms with E-state index in [9.17, 15) is 24.3 Å². The van der Waals surface area contributed by atoms with Crippen LogP contribution in [0.15, 0.2) is 18.2 Å². The van der Waals surface area contributed by atoms with Crippen LogP contribution < -0.4 is 15.2 Å². The summed E-state index contributed by atoms with van der Waals surface area (Å²) in [5, 5.41) is 9.52. The van der Waals surface area contributed by atoms with Crippen molar-refractivity contribution in [3.63, 3.8) is 0 Å². The molecule has 0 saturated heterocycles. The fraction of sp³-hybridized carbons (Fsp3) is 0.524. The van der Waals surface area contributed by atoms with Crippen LogP contribution in [0, 0.1) is 5.92 Å². The number of nitrogens with two attached hydrogens (primary N) is 1. The Bertz CT molecular complexity index is 825. The number of hydrogen-bond acceptors (Lipinski definition) is 10. The first-order valence-electron chi connectivity index (χ1n) is 10.00. The maximum absolute atomic E-state index is 11.9. The highest BCUT2D eigenvalue weighted by Crippen LogP contribution is 2.37. The fourth-order valence-corrected chi connectivity index (χ4v) is 3.02. The van der Waals surface area contributed by atoms with E-state index in [1.807, 2.05) is 0 Å². The molecule has 0 aliphatic heterocycles. The molecule has 0 heterocycles. The number of hydrogen-bond donors (Lipinski definition) is 2. The zero-order valence-electron chi connectivity index (χ0n) is 18.7. The Labute approximate surface area is 185 Å². The Morgan fingerprint density at radius 1 is 0.969 bits per heavy atom. The van der Waals surface area contributed by atoms with Crippen molar-refractivity contribution in [2.24, 2.45) is 11.7 Å². The van der Waals surface area contributed by atoms with Gasteiger partial charge in [-0.2, -0.15) is 0 Å². The Hall–Kier alpha value is -3.34. The molecule has 4 atom stereocenters. The standard InChI is InChI=1S/C21H29NO10/c1-6-28-20(26)31-15-9-8-14(10-16(15)32-21(27)29-7-2)17(18(22)19(24)25)11(3)12(4)30-13(5)23/h8-12,17-18H,6-7,22H2,1-5H3,(H,24,25)/t11-,12+,17?,18-/m0/s1. The Morgan fingerprint density at radius 3 is 1.97 bits per heavy atom. The predicted molar refractivity (Wildman–Crippen MR) is 110 cm³/mol. The molecular formula is C21H29NO10. The van der Waals surface area contributed by atoms with E-state index in [1.54, 1.807) is 27.7 Å². The molecule has 3 N–H and O–H groups in total. The van der Waals surface area contributed by atoms with Gasteiger partial charge in [0.1, 0.15) is 12.1 Å². The number of carbonyl (C=O) groups excluding carboxylic acids is 3. The van der Waals surface area contributed by atoms with Crippen LogP contribution >= 0.6 is 0 Å². The van der Waals surface area contributed by atoms with Gasteiger partial charge in [-0.15, -0.1) is 0 Å². The van der Waals surface area contributed by atoms with Crippen LogP contribution in [-0.4, -0.2) is 54.7 Å². The molecule has 0 amide bonds. The van der Waals surface area contributed by atoms with Crippen LogP contribution in [0.25, 0.3) is 0 Å². The molecule has 178 valence electrons. The molecule has 0 bridgehead atoms.